The lowest BCUT2D eigenvalue weighted by atomic mass is 10.2. The molecule has 1 N–H and O–H groups in total. The van der Waals surface area contributed by atoms with Crippen LogP contribution in [0, 0.1) is 0 Å². The van der Waals surface area contributed by atoms with Crippen molar-refractivity contribution in [1.29, 1.82) is 0 Å². The fourth-order valence-electron chi connectivity index (χ4n) is 1.81. The topological polar surface area (TPSA) is 24.4 Å². The van der Waals surface area contributed by atoms with Crippen molar-refractivity contribution in [2.24, 2.45) is 4.99 Å². The van der Waals surface area contributed by atoms with E-state index >= 15 is 0 Å². The number of nitrogens with one attached hydrogen (secondary N) is 1. The van der Waals surface area contributed by atoms with Gasteiger partial charge < -0.3 is 5.32 Å². The van der Waals surface area contributed by atoms with Crippen LogP contribution in [0.2, 0.25) is 10.0 Å². The van der Waals surface area contributed by atoms with Crippen LogP contribution >= 0.6 is 35.0 Å². The minimum absolute atomic E-state index is 0.364. The Bertz CT molecular complexity index is 428. The van der Waals surface area contributed by atoms with E-state index in [-0.39, 0.29) is 0 Å². The molecule has 0 fully saturated rings. The van der Waals surface area contributed by atoms with Gasteiger partial charge in [0.25, 0.3) is 0 Å². The standard InChI is InChI=1S/C12H14Cl2N2S/c1-7-3-8(2)17-12(15-7)16-11-5-9(13)4-10(14)6-11/h4-8H,3H2,1-2H3,(H,15,16). The van der Waals surface area contributed by atoms with E-state index in [0.29, 0.717) is 21.3 Å². The number of halogens is 2. The molecule has 0 bridgehead atoms. The smallest absolute Gasteiger partial charge is 0.161 e. The summed E-state index contributed by atoms with van der Waals surface area (Å²) < 4.78 is 0. The summed E-state index contributed by atoms with van der Waals surface area (Å²) in [6.07, 6.45) is 1.12. The van der Waals surface area contributed by atoms with Gasteiger partial charge in [0.1, 0.15) is 0 Å². The van der Waals surface area contributed by atoms with Crippen molar-refractivity contribution in [3.63, 3.8) is 0 Å². The van der Waals surface area contributed by atoms with Gasteiger partial charge in [-0.05, 0) is 31.5 Å². The molecular formula is C12H14Cl2N2S. The number of hydrogen-bond donors (Lipinski definition) is 1. The highest BCUT2D eigenvalue weighted by atomic mass is 35.5. The van der Waals surface area contributed by atoms with E-state index in [4.69, 9.17) is 23.2 Å². The molecule has 0 amide bonds. The highest BCUT2D eigenvalue weighted by Gasteiger charge is 2.18. The number of nitrogens with zero attached hydrogens (tertiary/aromatic N) is 1. The van der Waals surface area contributed by atoms with Crippen LogP contribution in [0.5, 0.6) is 0 Å². The summed E-state index contributed by atoms with van der Waals surface area (Å²) in [6, 6.07) is 5.78. The third-order valence-electron chi connectivity index (χ3n) is 2.44. The molecule has 0 aliphatic carbocycles. The molecule has 0 saturated carbocycles. The minimum atomic E-state index is 0.364. The van der Waals surface area contributed by atoms with Gasteiger partial charge in [-0.3, -0.25) is 4.99 Å². The van der Waals surface area contributed by atoms with Gasteiger partial charge in [0, 0.05) is 21.0 Å². The number of rotatable bonds is 1. The van der Waals surface area contributed by atoms with E-state index in [9.17, 15) is 0 Å². The van der Waals surface area contributed by atoms with Crippen molar-refractivity contribution in [3.8, 4) is 0 Å². The van der Waals surface area contributed by atoms with Crippen molar-refractivity contribution >= 4 is 45.8 Å². The Morgan fingerprint density at radius 2 is 1.88 bits per heavy atom. The third kappa shape index (κ3) is 3.80. The second kappa shape index (κ2) is 5.51. The van der Waals surface area contributed by atoms with Gasteiger partial charge in [0.2, 0.25) is 0 Å². The van der Waals surface area contributed by atoms with Crippen molar-refractivity contribution < 1.29 is 0 Å². The number of benzene rings is 1. The molecule has 2 rings (SSSR count). The zero-order chi connectivity index (χ0) is 12.4. The van der Waals surface area contributed by atoms with Gasteiger partial charge >= 0.3 is 0 Å². The Balaban J connectivity index is 2.15. The first-order valence-corrected chi connectivity index (χ1v) is 7.14. The van der Waals surface area contributed by atoms with E-state index < -0.39 is 0 Å². The maximum absolute atomic E-state index is 5.95. The average molecular weight is 289 g/mol. The van der Waals surface area contributed by atoms with Crippen molar-refractivity contribution in [3.05, 3.63) is 28.2 Å². The molecule has 1 aliphatic heterocycles. The second-order valence-electron chi connectivity index (χ2n) is 4.23. The zero-order valence-electron chi connectivity index (χ0n) is 9.71. The number of hydrogen-bond acceptors (Lipinski definition) is 3. The fourth-order valence-corrected chi connectivity index (χ4v) is 3.51. The van der Waals surface area contributed by atoms with Gasteiger partial charge in [0.05, 0.1) is 6.04 Å². The Morgan fingerprint density at radius 1 is 1.24 bits per heavy atom. The number of thioether (sulfide) groups is 1. The molecule has 0 spiro atoms. The molecule has 1 aromatic rings. The van der Waals surface area contributed by atoms with Gasteiger partial charge in [-0.15, -0.1) is 0 Å². The first kappa shape index (κ1) is 13.1. The van der Waals surface area contributed by atoms with E-state index in [2.05, 4.69) is 24.2 Å². The van der Waals surface area contributed by atoms with E-state index in [1.807, 2.05) is 12.1 Å². The maximum Gasteiger partial charge on any atom is 0.161 e. The SMILES string of the molecule is CC1CC(C)SC(Nc2cc(Cl)cc(Cl)c2)=N1. The number of anilines is 1. The van der Waals surface area contributed by atoms with Crippen molar-refractivity contribution in [1.82, 2.24) is 0 Å². The lowest BCUT2D eigenvalue weighted by Crippen LogP contribution is -2.22. The summed E-state index contributed by atoms with van der Waals surface area (Å²) in [4.78, 5) is 4.57. The predicted molar refractivity (Wildman–Crippen MR) is 78.7 cm³/mol. The summed E-state index contributed by atoms with van der Waals surface area (Å²) in [6.45, 7) is 4.34. The molecule has 2 atom stereocenters. The molecule has 0 radical (unpaired) electrons. The minimum Gasteiger partial charge on any atom is -0.335 e. The zero-order valence-corrected chi connectivity index (χ0v) is 12.0. The van der Waals surface area contributed by atoms with E-state index in [0.717, 1.165) is 17.3 Å². The molecule has 1 aromatic carbocycles. The molecule has 1 heterocycles. The maximum atomic E-state index is 5.95. The molecule has 2 unspecified atom stereocenters. The van der Waals surface area contributed by atoms with Gasteiger partial charge in [0.15, 0.2) is 5.17 Å². The molecule has 17 heavy (non-hydrogen) atoms. The normalized spacial score (nSPS) is 24.4. The Hall–Kier alpha value is -0.380. The Kier molecular flexibility index (Phi) is 4.23. The summed E-state index contributed by atoms with van der Waals surface area (Å²) in [5.74, 6) is 0. The molecule has 92 valence electrons. The molecule has 2 nitrogen and oxygen atoms in total. The Morgan fingerprint density at radius 3 is 2.47 bits per heavy atom. The summed E-state index contributed by atoms with van der Waals surface area (Å²) >= 11 is 13.7. The molecule has 0 saturated heterocycles. The second-order valence-corrected chi connectivity index (χ2v) is 6.53. The summed E-state index contributed by atoms with van der Waals surface area (Å²) in [7, 11) is 0. The van der Waals surface area contributed by atoms with Gasteiger partial charge in [-0.2, -0.15) is 0 Å². The van der Waals surface area contributed by atoms with Crippen molar-refractivity contribution in [2.45, 2.75) is 31.6 Å². The third-order valence-corrected chi connectivity index (χ3v) is 3.90. The summed E-state index contributed by atoms with van der Waals surface area (Å²) in [5.41, 5.74) is 0.884. The van der Waals surface area contributed by atoms with Gasteiger partial charge in [-0.1, -0.05) is 41.9 Å². The van der Waals surface area contributed by atoms with E-state index in [1.165, 1.54) is 0 Å². The average Bonchev–Trinajstić information content (AvgIpc) is 2.13. The predicted octanol–water partition coefficient (Wildman–Crippen LogP) is 4.68. The quantitative estimate of drug-likeness (QED) is 0.812. The van der Waals surface area contributed by atoms with Crippen LogP contribution in [0.4, 0.5) is 5.69 Å². The van der Waals surface area contributed by atoms with Crippen LogP contribution in [0.15, 0.2) is 23.2 Å². The van der Waals surface area contributed by atoms with Crippen LogP contribution in [0.1, 0.15) is 20.3 Å². The van der Waals surface area contributed by atoms with E-state index in [1.54, 1.807) is 17.8 Å². The Labute approximate surface area is 116 Å². The summed E-state index contributed by atoms with van der Waals surface area (Å²) in [5, 5.41) is 6.04. The molecule has 0 aromatic heterocycles. The number of aliphatic imine (C=N–C) groups is 1. The lowest BCUT2D eigenvalue weighted by molar-refractivity contribution is 0.661. The van der Waals surface area contributed by atoms with Crippen LogP contribution in [0.3, 0.4) is 0 Å². The number of amidine groups is 1. The monoisotopic (exact) mass is 288 g/mol. The van der Waals surface area contributed by atoms with Gasteiger partial charge in [-0.25, -0.2) is 0 Å². The first-order chi connectivity index (χ1) is 8.02. The molecule has 5 heteroatoms. The fraction of sp³-hybridized carbons (Fsp3) is 0.417. The van der Waals surface area contributed by atoms with Crippen LogP contribution in [0.25, 0.3) is 0 Å². The first-order valence-electron chi connectivity index (χ1n) is 5.50. The van der Waals surface area contributed by atoms with Crippen LogP contribution in [-0.4, -0.2) is 16.5 Å². The largest absolute Gasteiger partial charge is 0.335 e. The van der Waals surface area contributed by atoms with Crippen LogP contribution < -0.4 is 5.32 Å². The molecule has 1 aliphatic rings. The highest BCUT2D eigenvalue weighted by molar-refractivity contribution is 8.14. The van der Waals surface area contributed by atoms with Crippen LogP contribution in [-0.2, 0) is 0 Å². The lowest BCUT2D eigenvalue weighted by Gasteiger charge is -2.23. The highest BCUT2D eigenvalue weighted by Crippen LogP contribution is 2.28. The van der Waals surface area contributed by atoms with Crippen molar-refractivity contribution in [2.75, 3.05) is 5.32 Å². The molecular weight excluding hydrogens is 275 g/mol.